The molecule has 2 unspecified atom stereocenters. The number of benzene rings is 1. The molecule has 1 aliphatic carbocycles. The number of amides is 1. The minimum atomic E-state index is -3.71. The van der Waals surface area contributed by atoms with E-state index in [4.69, 9.17) is 4.74 Å². The second-order valence-corrected chi connectivity index (χ2v) is 10.0. The number of carbonyl (C=O) groups is 1. The molecule has 1 aromatic carbocycles. The monoisotopic (exact) mass is 410 g/mol. The Morgan fingerprint density at radius 3 is 2.71 bits per heavy atom. The second-order valence-electron chi connectivity index (χ2n) is 8.25. The summed E-state index contributed by atoms with van der Waals surface area (Å²) in [6.07, 6.45) is 3.00. The third-order valence-corrected chi connectivity index (χ3v) is 7.10. The quantitative estimate of drug-likeness (QED) is 0.574. The van der Waals surface area contributed by atoms with Gasteiger partial charge in [0.2, 0.25) is 10.0 Å². The third kappa shape index (κ3) is 4.92. The first-order valence-corrected chi connectivity index (χ1v) is 11.4. The summed E-state index contributed by atoms with van der Waals surface area (Å²) in [6, 6.07) is 6.00. The molecule has 1 heterocycles. The molecule has 28 heavy (non-hydrogen) atoms. The number of hydrogen-bond donors (Lipinski definition) is 3. The van der Waals surface area contributed by atoms with Gasteiger partial charge in [0.25, 0.3) is 5.91 Å². The van der Waals surface area contributed by atoms with Crippen molar-refractivity contribution in [3.8, 4) is 0 Å². The van der Waals surface area contributed by atoms with E-state index in [1.807, 2.05) is 13.8 Å². The molecule has 2 atom stereocenters. The van der Waals surface area contributed by atoms with Gasteiger partial charge in [0.15, 0.2) is 0 Å². The van der Waals surface area contributed by atoms with Crippen LogP contribution in [-0.4, -0.2) is 51.3 Å². The van der Waals surface area contributed by atoms with Gasteiger partial charge in [-0.15, -0.1) is 0 Å². The Kier molecular flexibility index (Phi) is 6.44. The van der Waals surface area contributed by atoms with Gasteiger partial charge >= 0.3 is 0 Å². The summed E-state index contributed by atoms with van der Waals surface area (Å²) in [5, 5.41) is 13.2. The molecule has 3 rings (SSSR count). The molecule has 0 spiro atoms. The topological polar surface area (TPSA) is 105 Å². The van der Waals surface area contributed by atoms with Gasteiger partial charge < -0.3 is 15.2 Å². The van der Waals surface area contributed by atoms with E-state index in [1.165, 1.54) is 12.1 Å². The molecular formula is C20H30N2O5S. The molecule has 3 N–H and O–H groups in total. The molecule has 0 bridgehead atoms. The zero-order chi connectivity index (χ0) is 20.4. The van der Waals surface area contributed by atoms with Crippen LogP contribution >= 0.6 is 0 Å². The van der Waals surface area contributed by atoms with Gasteiger partial charge in [0.05, 0.1) is 17.1 Å². The maximum Gasteiger partial charge on any atom is 0.251 e. The van der Waals surface area contributed by atoms with E-state index < -0.39 is 16.1 Å². The fraction of sp³-hybridized carbons (Fsp3) is 0.650. The van der Waals surface area contributed by atoms with E-state index in [0.29, 0.717) is 13.2 Å². The van der Waals surface area contributed by atoms with E-state index in [2.05, 4.69) is 10.0 Å². The van der Waals surface area contributed by atoms with Crippen LogP contribution in [-0.2, 0) is 14.8 Å². The summed E-state index contributed by atoms with van der Waals surface area (Å²) in [6.45, 7) is 5.21. The predicted octanol–water partition coefficient (Wildman–Crippen LogP) is 1.67. The largest absolute Gasteiger partial charge is 0.392 e. The van der Waals surface area contributed by atoms with Gasteiger partial charge in [-0.25, -0.2) is 13.1 Å². The fourth-order valence-corrected chi connectivity index (χ4v) is 4.81. The lowest BCUT2D eigenvalue weighted by Crippen LogP contribution is -2.38. The summed E-state index contributed by atoms with van der Waals surface area (Å²) < 4.78 is 33.0. The lowest BCUT2D eigenvalue weighted by Gasteiger charge is -2.25. The van der Waals surface area contributed by atoms with Gasteiger partial charge in [-0.3, -0.25) is 4.79 Å². The molecule has 0 aromatic heterocycles. The van der Waals surface area contributed by atoms with E-state index in [0.717, 1.165) is 25.7 Å². The van der Waals surface area contributed by atoms with E-state index in [-0.39, 0.29) is 40.3 Å². The number of aliphatic hydroxyl groups excluding tert-OH is 1. The van der Waals surface area contributed by atoms with Gasteiger partial charge in [-0.2, -0.15) is 0 Å². The van der Waals surface area contributed by atoms with Crippen LogP contribution in [0.3, 0.4) is 0 Å². The standard InChI is InChI=1S/C20H30N2O5S/c1-14(2)18(23)20(8-9-20)13-21-19(24)15-5-3-7-17(11-15)28(25,26)22-12-16-6-4-10-27-16/h3,5,7,11,14,16,18,22-23H,4,6,8-10,12-13H2,1-2H3,(H,21,24). The van der Waals surface area contributed by atoms with E-state index in [9.17, 15) is 18.3 Å². The lowest BCUT2D eigenvalue weighted by molar-refractivity contribution is 0.0490. The Morgan fingerprint density at radius 1 is 1.36 bits per heavy atom. The van der Waals surface area contributed by atoms with Crippen LogP contribution in [0.1, 0.15) is 49.9 Å². The summed E-state index contributed by atoms with van der Waals surface area (Å²) in [5.41, 5.74) is 0.0333. The molecule has 1 saturated carbocycles. The molecule has 1 aromatic rings. The average molecular weight is 411 g/mol. The average Bonchev–Trinajstić information content (AvgIpc) is 3.28. The smallest absolute Gasteiger partial charge is 0.251 e. The van der Waals surface area contributed by atoms with Crippen molar-refractivity contribution in [1.29, 1.82) is 0 Å². The van der Waals surface area contributed by atoms with Crippen LogP contribution in [0.15, 0.2) is 29.2 Å². The molecular weight excluding hydrogens is 380 g/mol. The normalized spacial score (nSPS) is 22.2. The first-order chi connectivity index (χ1) is 13.2. The van der Waals surface area contributed by atoms with Crippen LogP contribution in [0.25, 0.3) is 0 Å². The summed E-state index contributed by atoms with van der Waals surface area (Å²) >= 11 is 0. The lowest BCUT2D eigenvalue weighted by atomic mass is 9.90. The first kappa shape index (κ1) is 21.2. The Hall–Kier alpha value is -1.48. The van der Waals surface area contributed by atoms with Gasteiger partial charge in [-0.05, 0) is 49.8 Å². The maximum absolute atomic E-state index is 12.5. The van der Waals surface area contributed by atoms with Crippen molar-refractivity contribution in [2.24, 2.45) is 11.3 Å². The predicted molar refractivity (Wildman–Crippen MR) is 105 cm³/mol. The van der Waals surface area contributed by atoms with Crippen molar-refractivity contribution >= 4 is 15.9 Å². The van der Waals surface area contributed by atoms with Crippen LogP contribution in [0, 0.1) is 11.3 Å². The van der Waals surface area contributed by atoms with E-state index >= 15 is 0 Å². The first-order valence-electron chi connectivity index (χ1n) is 9.91. The van der Waals surface area contributed by atoms with Crippen LogP contribution < -0.4 is 10.0 Å². The highest BCUT2D eigenvalue weighted by molar-refractivity contribution is 7.89. The number of ether oxygens (including phenoxy) is 1. The summed E-state index contributed by atoms with van der Waals surface area (Å²) in [5.74, 6) is -0.207. The maximum atomic E-state index is 12.5. The zero-order valence-electron chi connectivity index (χ0n) is 16.5. The number of hydrogen-bond acceptors (Lipinski definition) is 5. The second kappa shape index (κ2) is 8.49. The number of carbonyl (C=O) groups excluding carboxylic acids is 1. The van der Waals surface area contributed by atoms with Crippen molar-refractivity contribution in [2.45, 2.75) is 56.6 Å². The van der Waals surface area contributed by atoms with Crippen molar-refractivity contribution in [1.82, 2.24) is 10.0 Å². The highest BCUT2D eigenvalue weighted by atomic mass is 32.2. The summed E-state index contributed by atoms with van der Waals surface area (Å²) in [4.78, 5) is 12.6. The van der Waals surface area contributed by atoms with E-state index in [1.54, 1.807) is 12.1 Å². The zero-order valence-corrected chi connectivity index (χ0v) is 17.3. The molecule has 1 amide bonds. The summed E-state index contributed by atoms with van der Waals surface area (Å²) in [7, 11) is -3.71. The van der Waals surface area contributed by atoms with Gasteiger partial charge in [-0.1, -0.05) is 19.9 Å². The van der Waals surface area contributed by atoms with Crippen molar-refractivity contribution in [3.63, 3.8) is 0 Å². The van der Waals surface area contributed by atoms with Gasteiger partial charge in [0, 0.05) is 30.7 Å². The Labute approximate surface area is 166 Å². The minimum absolute atomic E-state index is 0.0569. The highest BCUT2D eigenvalue weighted by Gasteiger charge is 2.49. The highest BCUT2D eigenvalue weighted by Crippen LogP contribution is 2.50. The van der Waals surface area contributed by atoms with Crippen LogP contribution in [0.4, 0.5) is 0 Å². The molecule has 8 heteroatoms. The Bertz CT molecular complexity index is 799. The number of nitrogens with one attached hydrogen (secondary N) is 2. The molecule has 0 radical (unpaired) electrons. The van der Waals surface area contributed by atoms with Crippen LogP contribution in [0.5, 0.6) is 0 Å². The van der Waals surface area contributed by atoms with Crippen molar-refractivity contribution in [2.75, 3.05) is 19.7 Å². The number of aliphatic hydroxyl groups is 1. The Morgan fingerprint density at radius 2 is 2.11 bits per heavy atom. The number of sulfonamides is 1. The fourth-order valence-electron chi connectivity index (χ4n) is 3.70. The molecule has 2 fully saturated rings. The molecule has 1 saturated heterocycles. The molecule has 7 nitrogen and oxygen atoms in total. The molecule has 1 aliphatic heterocycles. The van der Waals surface area contributed by atoms with Crippen LogP contribution in [0.2, 0.25) is 0 Å². The molecule has 2 aliphatic rings. The molecule has 156 valence electrons. The number of rotatable bonds is 9. The SMILES string of the molecule is CC(C)C(O)C1(CNC(=O)c2cccc(S(=O)(=O)NCC3CCCO3)c2)CC1. The third-order valence-electron chi connectivity index (χ3n) is 5.68. The van der Waals surface area contributed by atoms with Gasteiger partial charge in [0.1, 0.15) is 0 Å². The van der Waals surface area contributed by atoms with Crippen molar-refractivity contribution in [3.05, 3.63) is 29.8 Å². The van der Waals surface area contributed by atoms with Crippen molar-refractivity contribution < 1.29 is 23.1 Å². The Balaban J connectivity index is 1.61. The minimum Gasteiger partial charge on any atom is -0.392 e.